The first-order chi connectivity index (χ1) is 6.63. The molecule has 0 spiro atoms. The van der Waals surface area contributed by atoms with Gasteiger partial charge in [0.05, 0.1) is 5.69 Å². The monoisotopic (exact) mass is 198 g/mol. The van der Waals surface area contributed by atoms with Crippen LogP contribution < -0.4 is 10.6 Å². The molecular formula is C9H11FN2O2. The van der Waals surface area contributed by atoms with Gasteiger partial charge in [0.1, 0.15) is 11.6 Å². The number of phenolic OH excluding ortho intramolecular Hbond substituents is 1. The Morgan fingerprint density at radius 3 is 2.86 bits per heavy atom. The largest absolute Gasteiger partial charge is 0.508 e. The van der Waals surface area contributed by atoms with Gasteiger partial charge in [-0.15, -0.1) is 0 Å². The first kappa shape index (κ1) is 10.3. The highest BCUT2D eigenvalue weighted by Crippen LogP contribution is 2.18. The van der Waals surface area contributed by atoms with Crippen molar-refractivity contribution < 1.29 is 14.3 Å². The molecule has 0 atom stereocenters. The molecule has 0 heterocycles. The molecule has 0 saturated heterocycles. The van der Waals surface area contributed by atoms with Crippen LogP contribution in [0.2, 0.25) is 0 Å². The number of amides is 2. The van der Waals surface area contributed by atoms with Gasteiger partial charge in [-0.25, -0.2) is 9.18 Å². The highest BCUT2D eigenvalue weighted by molar-refractivity contribution is 5.89. The quantitative estimate of drug-likeness (QED) is 0.633. The van der Waals surface area contributed by atoms with Crippen LogP contribution in [0.5, 0.6) is 5.75 Å². The number of halogens is 1. The lowest BCUT2D eigenvalue weighted by atomic mass is 10.3. The molecule has 4 nitrogen and oxygen atoms in total. The van der Waals surface area contributed by atoms with E-state index < -0.39 is 11.8 Å². The number of carbonyl (C=O) groups excluding carboxylic acids is 1. The maximum atomic E-state index is 13.0. The van der Waals surface area contributed by atoms with Crippen molar-refractivity contribution in [1.29, 1.82) is 0 Å². The van der Waals surface area contributed by atoms with Crippen LogP contribution in [0.3, 0.4) is 0 Å². The third-order valence-corrected chi connectivity index (χ3v) is 1.54. The maximum Gasteiger partial charge on any atom is 0.319 e. The minimum absolute atomic E-state index is 0.0359. The minimum Gasteiger partial charge on any atom is -0.508 e. The van der Waals surface area contributed by atoms with Gasteiger partial charge < -0.3 is 15.7 Å². The maximum absolute atomic E-state index is 13.0. The lowest BCUT2D eigenvalue weighted by molar-refractivity contribution is 0.252. The summed E-state index contributed by atoms with van der Waals surface area (Å²) in [5.41, 5.74) is 0.0359. The van der Waals surface area contributed by atoms with Crippen molar-refractivity contribution >= 4 is 11.7 Å². The summed E-state index contributed by atoms with van der Waals surface area (Å²) >= 11 is 0. The third kappa shape index (κ3) is 2.62. The van der Waals surface area contributed by atoms with Crippen LogP contribution in [0.1, 0.15) is 6.92 Å². The zero-order valence-electron chi connectivity index (χ0n) is 7.67. The van der Waals surface area contributed by atoms with Crippen molar-refractivity contribution in [3.8, 4) is 5.75 Å². The standard InChI is InChI=1S/C9H11FN2O2/c1-2-11-9(14)12-8-4-3-6(13)5-7(8)10/h3-5,13H,2H2,1H3,(H2,11,12,14). The Kier molecular flexibility index (Phi) is 3.28. The summed E-state index contributed by atoms with van der Waals surface area (Å²) in [4.78, 5) is 11.0. The van der Waals surface area contributed by atoms with Crippen LogP contribution in [0.25, 0.3) is 0 Å². The Hall–Kier alpha value is -1.78. The number of rotatable bonds is 2. The van der Waals surface area contributed by atoms with Gasteiger partial charge in [0, 0.05) is 12.6 Å². The van der Waals surface area contributed by atoms with Gasteiger partial charge in [-0.2, -0.15) is 0 Å². The summed E-state index contributed by atoms with van der Waals surface area (Å²) in [6, 6.07) is 3.05. The molecule has 0 aliphatic rings. The van der Waals surface area contributed by atoms with E-state index >= 15 is 0 Å². The molecule has 14 heavy (non-hydrogen) atoms. The summed E-state index contributed by atoms with van der Waals surface area (Å²) in [5.74, 6) is -0.847. The lowest BCUT2D eigenvalue weighted by Gasteiger charge is -2.06. The topological polar surface area (TPSA) is 61.4 Å². The van der Waals surface area contributed by atoms with Crippen LogP contribution in [-0.4, -0.2) is 17.7 Å². The predicted octanol–water partition coefficient (Wildman–Crippen LogP) is 1.67. The first-order valence-corrected chi connectivity index (χ1v) is 4.17. The van der Waals surface area contributed by atoms with Crippen LogP contribution in [0.15, 0.2) is 18.2 Å². The number of carbonyl (C=O) groups is 1. The second-order valence-electron chi connectivity index (χ2n) is 2.65. The molecule has 0 fully saturated rings. The molecule has 1 aromatic rings. The molecule has 1 aromatic carbocycles. The Bertz CT molecular complexity index is 342. The second kappa shape index (κ2) is 4.45. The SMILES string of the molecule is CCNC(=O)Nc1ccc(O)cc1F. The summed E-state index contributed by atoms with van der Waals surface area (Å²) in [5, 5.41) is 13.7. The molecule has 0 aromatic heterocycles. The molecule has 0 radical (unpaired) electrons. The van der Waals surface area contributed by atoms with Crippen LogP contribution in [0.4, 0.5) is 14.9 Å². The van der Waals surface area contributed by atoms with Crippen molar-refractivity contribution in [2.75, 3.05) is 11.9 Å². The van der Waals surface area contributed by atoms with E-state index in [4.69, 9.17) is 5.11 Å². The zero-order valence-corrected chi connectivity index (χ0v) is 7.67. The van der Waals surface area contributed by atoms with E-state index in [1.165, 1.54) is 12.1 Å². The normalized spacial score (nSPS) is 9.57. The summed E-state index contributed by atoms with van der Waals surface area (Å²) in [7, 11) is 0. The highest BCUT2D eigenvalue weighted by Gasteiger charge is 2.05. The molecular weight excluding hydrogens is 187 g/mol. The van der Waals surface area contributed by atoms with Gasteiger partial charge in [0.15, 0.2) is 0 Å². The average molecular weight is 198 g/mol. The van der Waals surface area contributed by atoms with Crippen LogP contribution in [-0.2, 0) is 0 Å². The Morgan fingerprint density at radius 1 is 1.57 bits per heavy atom. The summed E-state index contributed by atoms with van der Waals surface area (Å²) in [6.07, 6.45) is 0. The van der Waals surface area contributed by atoms with E-state index in [-0.39, 0.29) is 11.4 Å². The molecule has 2 amide bonds. The van der Waals surface area contributed by atoms with Gasteiger partial charge in [-0.3, -0.25) is 0 Å². The predicted molar refractivity (Wildman–Crippen MR) is 50.8 cm³/mol. The number of hydrogen-bond acceptors (Lipinski definition) is 2. The van der Waals surface area contributed by atoms with E-state index in [0.29, 0.717) is 6.54 Å². The van der Waals surface area contributed by atoms with Crippen molar-refractivity contribution in [2.24, 2.45) is 0 Å². The zero-order chi connectivity index (χ0) is 10.6. The number of benzene rings is 1. The number of anilines is 1. The van der Waals surface area contributed by atoms with E-state index in [0.717, 1.165) is 6.07 Å². The molecule has 0 aliphatic carbocycles. The third-order valence-electron chi connectivity index (χ3n) is 1.54. The second-order valence-corrected chi connectivity index (χ2v) is 2.65. The van der Waals surface area contributed by atoms with Crippen LogP contribution in [0, 0.1) is 5.82 Å². The van der Waals surface area contributed by atoms with Crippen molar-refractivity contribution in [3.63, 3.8) is 0 Å². The summed E-state index contributed by atoms with van der Waals surface area (Å²) < 4.78 is 13.0. The fraction of sp³-hybridized carbons (Fsp3) is 0.222. The fourth-order valence-corrected chi connectivity index (χ4v) is 0.932. The van der Waals surface area contributed by atoms with E-state index in [1.54, 1.807) is 6.92 Å². The molecule has 0 aliphatic heterocycles. The number of nitrogens with one attached hydrogen (secondary N) is 2. The van der Waals surface area contributed by atoms with Gasteiger partial charge in [-0.1, -0.05) is 0 Å². The van der Waals surface area contributed by atoms with Crippen LogP contribution >= 0.6 is 0 Å². The highest BCUT2D eigenvalue weighted by atomic mass is 19.1. The minimum atomic E-state index is -0.670. The summed E-state index contributed by atoms with van der Waals surface area (Å²) in [6.45, 7) is 2.22. The van der Waals surface area contributed by atoms with Gasteiger partial charge in [0.25, 0.3) is 0 Å². The number of aromatic hydroxyl groups is 1. The van der Waals surface area contributed by atoms with Crippen molar-refractivity contribution in [1.82, 2.24) is 5.32 Å². The van der Waals surface area contributed by atoms with E-state index in [1.807, 2.05) is 0 Å². The molecule has 0 unspecified atom stereocenters. The van der Waals surface area contributed by atoms with Crippen molar-refractivity contribution in [3.05, 3.63) is 24.0 Å². The number of phenols is 1. The molecule has 3 N–H and O–H groups in total. The molecule has 1 rings (SSSR count). The molecule has 0 bridgehead atoms. The van der Waals surface area contributed by atoms with Gasteiger partial charge in [0.2, 0.25) is 0 Å². The fourth-order valence-electron chi connectivity index (χ4n) is 0.932. The van der Waals surface area contributed by atoms with Gasteiger partial charge >= 0.3 is 6.03 Å². The van der Waals surface area contributed by atoms with E-state index in [9.17, 15) is 9.18 Å². The van der Waals surface area contributed by atoms with Crippen molar-refractivity contribution in [2.45, 2.75) is 6.92 Å². The van der Waals surface area contributed by atoms with E-state index in [2.05, 4.69) is 10.6 Å². The Balaban J connectivity index is 2.72. The Labute approximate surface area is 80.7 Å². The number of hydrogen-bond donors (Lipinski definition) is 3. The number of urea groups is 1. The molecule has 0 saturated carbocycles. The Morgan fingerprint density at radius 2 is 2.29 bits per heavy atom. The first-order valence-electron chi connectivity index (χ1n) is 4.17. The lowest BCUT2D eigenvalue weighted by Crippen LogP contribution is -2.28. The average Bonchev–Trinajstić information content (AvgIpc) is 2.10. The smallest absolute Gasteiger partial charge is 0.319 e. The molecule has 76 valence electrons. The van der Waals surface area contributed by atoms with Gasteiger partial charge in [-0.05, 0) is 19.1 Å². The molecule has 5 heteroatoms.